The van der Waals surface area contributed by atoms with E-state index in [1.165, 1.54) is 24.3 Å². The Labute approximate surface area is 276 Å². The summed E-state index contributed by atoms with van der Waals surface area (Å²) in [5, 5.41) is 5.73. The molecule has 0 aliphatic carbocycles. The number of aromatic nitrogens is 4. The van der Waals surface area contributed by atoms with Crippen molar-refractivity contribution >= 4 is 39.1 Å². The molecule has 234 valence electrons. The number of nitrogens with zero attached hydrogens (tertiary/aromatic N) is 4. The van der Waals surface area contributed by atoms with Crippen LogP contribution in [0.25, 0.3) is 44.6 Å². The molecule has 3 aromatic carbocycles. The molecule has 0 bridgehead atoms. The van der Waals surface area contributed by atoms with Crippen LogP contribution in [0.5, 0.6) is 5.75 Å². The number of methoxy groups -OCH3 is 1. The average molecular weight is 646 g/mol. The molecule has 4 aromatic heterocycles. The maximum absolute atomic E-state index is 13.8. The molecule has 0 unspecified atom stereocenters. The summed E-state index contributed by atoms with van der Waals surface area (Å²) in [7, 11) is 1.65. The van der Waals surface area contributed by atoms with Gasteiger partial charge in [-0.2, -0.15) is 0 Å². The van der Waals surface area contributed by atoms with Crippen molar-refractivity contribution in [2.45, 2.75) is 20.4 Å². The van der Waals surface area contributed by atoms with E-state index in [0.717, 1.165) is 56.0 Å². The average Bonchev–Trinajstić information content (AvgIpc) is 3.10. The van der Waals surface area contributed by atoms with E-state index in [4.69, 9.17) is 16.3 Å². The molecule has 0 atom stereocenters. The van der Waals surface area contributed by atoms with Crippen LogP contribution < -0.4 is 10.1 Å². The van der Waals surface area contributed by atoms with Gasteiger partial charge in [0.25, 0.3) is 0 Å². The van der Waals surface area contributed by atoms with Gasteiger partial charge in [-0.3, -0.25) is 9.97 Å². The monoisotopic (exact) mass is 645 g/mol. The number of pyridine rings is 4. The van der Waals surface area contributed by atoms with E-state index in [1.807, 2.05) is 74.5 Å². The molecule has 1 N–H and O–H groups in total. The molecule has 47 heavy (non-hydrogen) atoms. The second-order valence-corrected chi connectivity index (χ2v) is 11.2. The molecule has 0 saturated heterocycles. The molecular weight excluding hydrogens is 616 g/mol. The lowest BCUT2D eigenvalue weighted by molar-refractivity contribution is 0.414. The van der Waals surface area contributed by atoms with Crippen LogP contribution in [-0.4, -0.2) is 27.0 Å². The zero-order valence-electron chi connectivity index (χ0n) is 25.9. The minimum Gasteiger partial charge on any atom is -0.497 e. The maximum Gasteiger partial charge on any atom is 0.125 e. The van der Waals surface area contributed by atoms with Crippen molar-refractivity contribution in [3.05, 3.63) is 143 Å². The van der Waals surface area contributed by atoms with Crippen molar-refractivity contribution in [3.63, 3.8) is 0 Å². The fraction of sp³-hybridized carbons (Fsp3) is 0.105. The van der Waals surface area contributed by atoms with Crippen molar-refractivity contribution < 1.29 is 13.5 Å². The number of hydrogen-bond donors (Lipinski definition) is 1. The number of hydrogen-bond acceptors (Lipinski definition) is 6. The molecular formula is C38H30ClF2N5O. The Hall–Kier alpha value is -5.47. The van der Waals surface area contributed by atoms with Gasteiger partial charge < -0.3 is 10.1 Å². The normalized spacial score (nSPS) is 10.9. The number of nitrogens with one attached hydrogen (secondary N) is 1. The number of anilines is 1. The highest BCUT2D eigenvalue weighted by Gasteiger charge is 2.15. The van der Waals surface area contributed by atoms with Gasteiger partial charge in [-0.05, 0) is 85.6 Å². The van der Waals surface area contributed by atoms with E-state index in [0.29, 0.717) is 28.3 Å². The van der Waals surface area contributed by atoms with E-state index in [-0.39, 0.29) is 11.6 Å². The Kier molecular flexibility index (Phi) is 9.31. The predicted octanol–water partition coefficient (Wildman–Crippen LogP) is 9.76. The Balaban J connectivity index is 0.000000177. The summed E-state index contributed by atoms with van der Waals surface area (Å²) < 4.78 is 32.4. The minimum atomic E-state index is -0.327. The fourth-order valence-electron chi connectivity index (χ4n) is 5.29. The molecule has 0 aliphatic heterocycles. The maximum atomic E-state index is 13.8. The zero-order chi connectivity index (χ0) is 32.9. The predicted molar refractivity (Wildman–Crippen MR) is 185 cm³/mol. The van der Waals surface area contributed by atoms with Gasteiger partial charge in [0, 0.05) is 53.1 Å². The molecule has 4 heterocycles. The van der Waals surface area contributed by atoms with Crippen LogP contribution in [0.2, 0.25) is 5.02 Å². The van der Waals surface area contributed by atoms with Crippen LogP contribution in [0.1, 0.15) is 16.7 Å². The van der Waals surface area contributed by atoms with E-state index in [2.05, 4.69) is 25.3 Å². The lowest BCUT2D eigenvalue weighted by atomic mass is 10.0. The largest absolute Gasteiger partial charge is 0.497 e. The smallest absolute Gasteiger partial charge is 0.125 e. The topological polar surface area (TPSA) is 72.8 Å². The van der Waals surface area contributed by atoms with Crippen LogP contribution in [0, 0.1) is 25.5 Å². The van der Waals surface area contributed by atoms with E-state index in [1.54, 1.807) is 31.6 Å². The van der Waals surface area contributed by atoms with E-state index < -0.39 is 0 Å². The van der Waals surface area contributed by atoms with Gasteiger partial charge in [0.05, 0.1) is 45.9 Å². The van der Waals surface area contributed by atoms with Crippen LogP contribution in [0.4, 0.5) is 14.5 Å². The lowest BCUT2D eigenvalue weighted by Gasteiger charge is -2.16. The number of benzene rings is 3. The van der Waals surface area contributed by atoms with Crippen LogP contribution in [0.15, 0.2) is 109 Å². The highest BCUT2D eigenvalue weighted by atomic mass is 35.5. The summed E-state index contributed by atoms with van der Waals surface area (Å²) in [4.78, 5) is 17.8. The first kappa shape index (κ1) is 31.5. The van der Waals surface area contributed by atoms with Gasteiger partial charge >= 0.3 is 0 Å². The highest BCUT2D eigenvalue weighted by Crippen LogP contribution is 2.34. The van der Waals surface area contributed by atoms with Crippen molar-refractivity contribution in [1.82, 2.24) is 19.9 Å². The number of ether oxygens (including phenoxy) is 1. The van der Waals surface area contributed by atoms with Crippen molar-refractivity contribution in [3.8, 4) is 28.5 Å². The number of fused-ring (bicyclic) bond motifs is 2. The molecule has 6 nitrogen and oxygen atoms in total. The molecule has 0 aliphatic rings. The lowest BCUT2D eigenvalue weighted by Crippen LogP contribution is -2.05. The van der Waals surface area contributed by atoms with Gasteiger partial charge in [-0.25, -0.2) is 18.7 Å². The second-order valence-electron chi connectivity index (χ2n) is 10.8. The Morgan fingerprint density at radius 3 is 1.79 bits per heavy atom. The summed E-state index contributed by atoms with van der Waals surface area (Å²) in [5.74, 6) is 0.186. The Morgan fingerprint density at radius 2 is 1.23 bits per heavy atom. The summed E-state index contributed by atoms with van der Waals surface area (Å²) in [6.07, 6.45) is 3.43. The Morgan fingerprint density at radius 1 is 0.681 bits per heavy atom. The summed E-state index contributed by atoms with van der Waals surface area (Å²) in [6, 6.07) is 28.3. The molecule has 9 heteroatoms. The number of halogens is 3. The zero-order valence-corrected chi connectivity index (χ0v) is 26.7. The van der Waals surface area contributed by atoms with Crippen molar-refractivity contribution in [2.24, 2.45) is 0 Å². The van der Waals surface area contributed by atoms with Gasteiger partial charge in [-0.1, -0.05) is 35.9 Å². The molecule has 7 aromatic rings. The minimum absolute atomic E-state index is 0.308. The highest BCUT2D eigenvalue weighted by molar-refractivity contribution is 6.36. The van der Waals surface area contributed by atoms with Crippen molar-refractivity contribution in [1.29, 1.82) is 0 Å². The van der Waals surface area contributed by atoms with Gasteiger partial charge in [0.2, 0.25) is 0 Å². The summed E-state index contributed by atoms with van der Waals surface area (Å²) in [6.45, 7) is 4.53. The van der Waals surface area contributed by atoms with Crippen LogP contribution in [0.3, 0.4) is 0 Å². The third-order valence-corrected chi connectivity index (χ3v) is 8.23. The van der Waals surface area contributed by atoms with E-state index >= 15 is 0 Å². The van der Waals surface area contributed by atoms with Gasteiger partial charge in [0.15, 0.2) is 0 Å². The van der Waals surface area contributed by atoms with E-state index in [9.17, 15) is 8.78 Å². The molecule has 0 saturated carbocycles. The third-order valence-electron chi connectivity index (χ3n) is 7.75. The quantitative estimate of drug-likeness (QED) is 0.194. The van der Waals surface area contributed by atoms with Crippen LogP contribution in [-0.2, 0) is 6.54 Å². The molecule has 0 spiro atoms. The summed E-state index contributed by atoms with van der Waals surface area (Å²) in [5.41, 5.74) is 7.94. The SMILES string of the molecule is COc1ccc(CNc2c(C)c(-c3ccccn3)nc3cc(F)ccc23)cc1.Cc1c(-c2ccccn2)nc2cc(F)ccc2c1Cl. The first-order valence-corrected chi connectivity index (χ1v) is 15.2. The summed E-state index contributed by atoms with van der Waals surface area (Å²) >= 11 is 6.34. The third kappa shape index (κ3) is 6.88. The molecule has 0 amide bonds. The fourth-order valence-corrected chi connectivity index (χ4v) is 5.54. The number of rotatable bonds is 6. The first-order chi connectivity index (χ1) is 22.8. The Bertz CT molecular complexity index is 2180. The first-order valence-electron chi connectivity index (χ1n) is 14.9. The standard InChI is InChI=1S/C23H20FN3O.C15H10ClFN2/c1-15-22(26-14-16-6-9-18(28-2)10-7-16)19-11-8-17(24)13-21(19)27-23(15)20-5-3-4-12-25-20;1-9-14(16)11-6-5-10(17)8-13(11)19-15(9)12-4-2-3-7-18-12/h3-13H,14H2,1-2H3,(H,26,27);2-8H,1H3. The second kappa shape index (κ2) is 13.9. The van der Waals surface area contributed by atoms with Gasteiger partial charge in [-0.15, -0.1) is 0 Å². The van der Waals surface area contributed by atoms with Crippen LogP contribution >= 0.6 is 11.6 Å². The molecule has 0 fully saturated rings. The van der Waals surface area contributed by atoms with Crippen molar-refractivity contribution in [2.75, 3.05) is 12.4 Å². The van der Waals surface area contributed by atoms with Gasteiger partial charge in [0.1, 0.15) is 17.4 Å². The molecule has 7 rings (SSSR count). The molecule has 0 radical (unpaired) electrons.